The number of carbonyl (C=O) groups excluding carboxylic acids is 1. The van der Waals surface area contributed by atoms with Crippen LogP contribution in [0.5, 0.6) is 0 Å². The van der Waals surface area contributed by atoms with E-state index in [0.717, 1.165) is 0 Å². The number of anilines is 2. The number of carbonyl (C=O) groups is 1. The zero-order valence-electron chi connectivity index (χ0n) is 10.6. The third-order valence-corrected chi connectivity index (χ3v) is 3.55. The number of hydrogen-bond acceptors (Lipinski definition) is 6. The lowest BCUT2D eigenvalue weighted by Gasteiger charge is -2.26. The van der Waals surface area contributed by atoms with Crippen molar-refractivity contribution in [2.24, 2.45) is 0 Å². The minimum atomic E-state index is -0.0508. The van der Waals surface area contributed by atoms with Gasteiger partial charge < -0.3 is 20.7 Å². The largest absolute Gasteiger partial charge is 0.382 e. The van der Waals surface area contributed by atoms with Crippen LogP contribution in [0.3, 0.4) is 0 Å². The normalized spacial score (nSPS) is 16.1. The highest BCUT2D eigenvalue weighted by Gasteiger charge is 2.23. The van der Waals surface area contributed by atoms with Gasteiger partial charge in [0.2, 0.25) is 0 Å². The number of rotatable bonds is 3. The van der Waals surface area contributed by atoms with Crippen molar-refractivity contribution in [3.8, 4) is 0 Å². The van der Waals surface area contributed by atoms with Crippen LogP contribution in [0.25, 0.3) is 0 Å². The second-order valence-electron chi connectivity index (χ2n) is 4.44. The van der Waals surface area contributed by atoms with E-state index < -0.39 is 0 Å². The molecule has 7 heteroatoms. The average molecular weight is 270 g/mol. The summed E-state index contributed by atoms with van der Waals surface area (Å²) >= 11 is 1.31. The molecule has 0 aromatic carbocycles. The van der Waals surface area contributed by atoms with Crippen LogP contribution >= 0.6 is 11.3 Å². The van der Waals surface area contributed by atoms with Crippen molar-refractivity contribution in [1.29, 1.82) is 0 Å². The Labute approximate surface area is 110 Å². The van der Waals surface area contributed by atoms with Gasteiger partial charge in [0.05, 0.1) is 13.2 Å². The first kappa shape index (κ1) is 13.1. The first-order valence-corrected chi connectivity index (χ1v) is 6.79. The minimum absolute atomic E-state index is 0.0508. The smallest absolute Gasteiger partial charge is 0.268 e. The topological polar surface area (TPSA) is 80.5 Å². The zero-order chi connectivity index (χ0) is 13.1. The van der Waals surface area contributed by atoms with Crippen molar-refractivity contribution in [1.82, 2.24) is 9.88 Å². The average Bonchev–Trinajstić information content (AvgIpc) is 2.69. The number of nitrogens with two attached hydrogens (primary N) is 1. The van der Waals surface area contributed by atoms with Gasteiger partial charge in [-0.25, -0.2) is 4.98 Å². The fourth-order valence-corrected chi connectivity index (χ4v) is 2.70. The number of aromatic nitrogens is 1. The van der Waals surface area contributed by atoms with E-state index in [2.05, 4.69) is 10.3 Å². The van der Waals surface area contributed by atoms with Crippen molar-refractivity contribution in [3.05, 3.63) is 4.88 Å². The van der Waals surface area contributed by atoms with Crippen LogP contribution in [0, 0.1) is 0 Å². The molecule has 6 nitrogen and oxygen atoms in total. The first-order chi connectivity index (χ1) is 8.58. The Bertz CT molecular complexity index is 427. The molecule has 1 fully saturated rings. The van der Waals surface area contributed by atoms with Crippen molar-refractivity contribution < 1.29 is 9.53 Å². The molecule has 0 saturated carbocycles. The molecule has 0 radical (unpaired) electrons. The van der Waals surface area contributed by atoms with Gasteiger partial charge in [-0.15, -0.1) is 0 Å². The maximum Gasteiger partial charge on any atom is 0.268 e. The second-order valence-corrected chi connectivity index (χ2v) is 5.44. The molecule has 1 aromatic rings. The predicted molar refractivity (Wildman–Crippen MR) is 72.0 cm³/mol. The molecule has 0 unspecified atom stereocenters. The highest BCUT2D eigenvalue weighted by atomic mass is 32.1. The summed E-state index contributed by atoms with van der Waals surface area (Å²) in [4.78, 5) is 18.7. The van der Waals surface area contributed by atoms with Crippen molar-refractivity contribution in [2.45, 2.75) is 19.9 Å². The molecule has 18 heavy (non-hydrogen) atoms. The van der Waals surface area contributed by atoms with E-state index in [9.17, 15) is 4.79 Å². The van der Waals surface area contributed by atoms with Crippen LogP contribution < -0.4 is 11.1 Å². The lowest BCUT2D eigenvalue weighted by molar-refractivity contribution is 0.0306. The lowest BCUT2D eigenvalue weighted by Crippen LogP contribution is -2.40. The number of morpholine rings is 1. The van der Waals surface area contributed by atoms with E-state index in [-0.39, 0.29) is 11.9 Å². The maximum absolute atomic E-state index is 12.3. The van der Waals surface area contributed by atoms with Crippen LogP contribution in [0.2, 0.25) is 0 Å². The molecule has 1 aliphatic heterocycles. The molecule has 0 aliphatic carbocycles. The van der Waals surface area contributed by atoms with E-state index in [1.807, 2.05) is 13.8 Å². The summed E-state index contributed by atoms with van der Waals surface area (Å²) in [5.41, 5.74) is 5.81. The van der Waals surface area contributed by atoms with E-state index in [1.165, 1.54) is 11.3 Å². The minimum Gasteiger partial charge on any atom is -0.382 e. The molecular formula is C11H18N4O2S. The van der Waals surface area contributed by atoms with Crippen molar-refractivity contribution in [2.75, 3.05) is 37.4 Å². The molecule has 2 rings (SSSR count). The molecular weight excluding hydrogens is 252 g/mol. The van der Waals surface area contributed by atoms with E-state index >= 15 is 0 Å². The van der Waals surface area contributed by atoms with Gasteiger partial charge >= 0.3 is 0 Å². The molecule has 1 saturated heterocycles. The molecule has 0 atom stereocenters. The van der Waals surface area contributed by atoms with Gasteiger partial charge in [0.1, 0.15) is 10.7 Å². The number of nitrogen functional groups attached to an aromatic ring is 1. The van der Waals surface area contributed by atoms with Crippen LogP contribution in [-0.2, 0) is 4.74 Å². The standard InChI is InChI=1S/C11H18N4O2S/c1-7(2)13-11-14-9(12)8(18-11)10(16)15-3-5-17-6-4-15/h7H,3-6,12H2,1-2H3,(H,13,14). The summed E-state index contributed by atoms with van der Waals surface area (Å²) in [6, 6.07) is 0.266. The van der Waals surface area contributed by atoms with Gasteiger partial charge in [0.25, 0.3) is 5.91 Å². The summed E-state index contributed by atoms with van der Waals surface area (Å²) in [7, 11) is 0. The van der Waals surface area contributed by atoms with Gasteiger partial charge in [-0.1, -0.05) is 11.3 Å². The number of nitrogens with one attached hydrogen (secondary N) is 1. The molecule has 2 heterocycles. The van der Waals surface area contributed by atoms with Gasteiger partial charge in [-0.2, -0.15) is 0 Å². The number of ether oxygens (including phenoxy) is 1. The predicted octanol–water partition coefficient (Wildman–Crippen LogP) is 1.02. The third kappa shape index (κ3) is 2.91. The highest BCUT2D eigenvalue weighted by Crippen LogP contribution is 2.27. The third-order valence-electron chi connectivity index (χ3n) is 2.56. The highest BCUT2D eigenvalue weighted by molar-refractivity contribution is 7.18. The molecule has 100 valence electrons. The van der Waals surface area contributed by atoms with Gasteiger partial charge in [0.15, 0.2) is 5.13 Å². The number of hydrogen-bond donors (Lipinski definition) is 2. The Morgan fingerprint density at radius 1 is 1.50 bits per heavy atom. The second kappa shape index (κ2) is 5.53. The number of thiazole rings is 1. The van der Waals surface area contributed by atoms with Crippen LogP contribution in [0.15, 0.2) is 0 Å². The Kier molecular flexibility index (Phi) is 4.03. The Morgan fingerprint density at radius 3 is 2.78 bits per heavy atom. The Balaban J connectivity index is 2.11. The van der Waals surface area contributed by atoms with Gasteiger partial charge in [-0.05, 0) is 13.8 Å². The summed E-state index contributed by atoms with van der Waals surface area (Å²) in [5, 5.41) is 3.85. The summed E-state index contributed by atoms with van der Waals surface area (Å²) < 4.78 is 5.22. The number of nitrogens with zero attached hydrogens (tertiary/aromatic N) is 2. The first-order valence-electron chi connectivity index (χ1n) is 5.98. The molecule has 0 bridgehead atoms. The molecule has 0 spiro atoms. The summed E-state index contributed by atoms with van der Waals surface area (Å²) in [5.74, 6) is 0.254. The summed E-state index contributed by atoms with van der Waals surface area (Å²) in [6.45, 7) is 6.43. The van der Waals surface area contributed by atoms with Gasteiger partial charge in [-0.3, -0.25) is 4.79 Å². The SMILES string of the molecule is CC(C)Nc1nc(N)c(C(=O)N2CCOCC2)s1. The van der Waals surface area contributed by atoms with Crippen LogP contribution in [0.4, 0.5) is 10.9 Å². The maximum atomic E-state index is 12.3. The van der Waals surface area contributed by atoms with E-state index in [1.54, 1.807) is 4.90 Å². The van der Waals surface area contributed by atoms with Crippen LogP contribution in [-0.4, -0.2) is 48.1 Å². The fourth-order valence-electron chi connectivity index (χ4n) is 1.70. The summed E-state index contributed by atoms with van der Waals surface area (Å²) in [6.07, 6.45) is 0. The number of amides is 1. The Morgan fingerprint density at radius 2 is 2.17 bits per heavy atom. The Hall–Kier alpha value is -1.34. The monoisotopic (exact) mass is 270 g/mol. The van der Waals surface area contributed by atoms with Crippen LogP contribution in [0.1, 0.15) is 23.5 Å². The lowest BCUT2D eigenvalue weighted by atomic mass is 10.3. The van der Waals surface area contributed by atoms with Crippen molar-refractivity contribution >= 4 is 28.2 Å². The fraction of sp³-hybridized carbons (Fsp3) is 0.636. The molecule has 3 N–H and O–H groups in total. The molecule has 1 aromatic heterocycles. The molecule has 1 aliphatic rings. The van der Waals surface area contributed by atoms with E-state index in [4.69, 9.17) is 10.5 Å². The van der Waals surface area contributed by atoms with E-state index in [0.29, 0.717) is 42.1 Å². The zero-order valence-corrected chi connectivity index (χ0v) is 11.4. The van der Waals surface area contributed by atoms with Gasteiger partial charge in [0, 0.05) is 19.1 Å². The van der Waals surface area contributed by atoms with Crippen molar-refractivity contribution in [3.63, 3.8) is 0 Å². The quantitative estimate of drug-likeness (QED) is 0.857. The molecule has 1 amide bonds.